The van der Waals surface area contributed by atoms with Gasteiger partial charge >= 0.3 is 5.97 Å². The van der Waals surface area contributed by atoms with E-state index in [2.05, 4.69) is 5.73 Å². The number of rotatable bonds is 1. The van der Waals surface area contributed by atoms with Gasteiger partial charge in [-0.1, -0.05) is 0 Å². The lowest BCUT2D eigenvalue weighted by Gasteiger charge is -1.73. The summed E-state index contributed by atoms with van der Waals surface area (Å²) in [5.74, 6) is -1.80. The van der Waals surface area contributed by atoms with Gasteiger partial charge in [-0.15, -0.1) is 0 Å². The molecule has 0 heterocycles. The van der Waals surface area contributed by atoms with Gasteiger partial charge in [0.2, 0.25) is 0 Å². The highest BCUT2D eigenvalue weighted by atomic mass is 16.4. The van der Waals surface area contributed by atoms with Gasteiger partial charge in [0.1, 0.15) is 0 Å². The molecule has 9 heavy (non-hydrogen) atoms. The van der Waals surface area contributed by atoms with E-state index in [-0.39, 0.29) is 6.54 Å². The van der Waals surface area contributed by atoms with Crippen LogP contribution in [0.1, 0.15) is 6.92 Å². The summed E-state index contributed by atoms with van der Waals surface area (Å²) in [5.41, 5.74) is 4.57. The SMILES string of the molecule is CC(=O)O.NCC(=O)O. The topological polar surface area (TPSA) is 101 Å². The van der Waals surface area contributed by atoms with Crippen LogP contribution in [0.2, 0.25) is 0 Å². The number of aliphatic carboxylic acids is 2. The molecule has 0 rings (SSSR count). The third-order valence-electron chi connectivity index (χ3n) is 0.175. The van der Waals surface area contributed by atoms with Crippen molar-refractivity contribution in [2.45, 2.75) is 6.92 Å². The first-order chi connectivity index (χ1) is 4.00. The van der Waals surface area contributed by atoms with Crippen LogP contribution in [0.4, 0.5) is 0 Å². The molecule has 0 atom stereocenters. The summed E-state index contributed by atoms with van der Waals surface area (Å²) in [6, 6.07) is 0. The summed E-state index contributed by atoms with van der Waals surface area (Å²) in [5, 5.41) is 15.0. The van der Waals surface area contributed by atoms with Crippen LogP contribution in [0.5, 0.6) is 0 Å². The van der Waals surface area contributed by atoms with E-state index in [1.54, 1.807) is 0 Å². The molecule has 0 radical (unpaired) electrons. The molecule has 0 aromatic carbocycles. The van der Waals surface area contributed by atoms with E-state index in [4.69, 9.17) is 15.0 Å². The van der Waals surface area contributed by atoms with E-state index >= 15 is 0 Å². The molecule has 54 valence electrons. The van der Waals surface area contributed by atoms with E-state index in [1.165, 1.54) is 0 Å². The first kappa shape index (κ1) is 10.8. The monoisotopic (exact) mass is 135 g/mol. The predicted octanol–water partition coefficient (Wildman–Crippen LogP) is -0.879. The van der Waals surface area contributed by atoms with Gasteiger partial charge in [-0.05, 0) is 0 Å². The summed E-state index contributed by atoms with van der Waals surface area (Å²) in [6.45, 7) is 0.806. The van der Waals surface area contributed by atoms with Crippen molar-refractivity contribution in [1.82, 2.24) is 0 Å². The third kappa shape index (κ3) is 205. The first-order valence-corrected chi connectivity index (χ1v) is 2.12. The number of nitrogens with two attached hydrogens (primary N) is 1. The summed E-state index contributed by atoms with van der Waals surface area (Å²) in [6.07, 6.45) is 0. The van der Waals surface area contributed by atoms with Gasteiger partial charge in [-0.25, -0.2) is 0 Å². The van der Waals surface area contributed by atoms with Crippen LogP contribution in [-0.2, 0) is 9.59 Å². The second-order valence-electron chi connectivity index (χ2n) is 1.12. The highest BCUT2D eigenvalue weighted by Gasteiger charge is 1.81. The average molecular weight is 135 g/mol. The fourth-order valence-electron chi connectivity index (χ4n) is 0. The Bertz CT molecular complexity index is 96.7. The molecule has 0 aliphatic carbocycles. The standard InChI is InChI=1S/C2H5NO2.C2H4O2/c3-1-2(4)5;1-2(3)4/h1,3H2,(H,4,5);1H3,(H,3,4). The minimum absolute atomic E-state index is 0.278. The van der Waals surface area contributed by atoms with Crippen molar-refractivity contribution in [2.24, 2.45) is 5.73 Å². The molecule has 0 aromatic heterocycles. The van der Waals surface area contributed by atoms with Crippen molar-refractivity contribution >= 4 is 11.9 Å². The molecular weight excluding hydrogens is 126 g/mol. The molecule has 0 saturated carbocycles. The molecule has 0 spiro atoms. The Kier molecular flexibility index (Phi) is 8.28. The number of carbonyl (C=O) groups is 2. The van der Waals surface area contributed by atoms with Gasteiger partial charge in [-0.3, -0.25) is 9.59 Å². The Balaban J connectivity index is 0. The zero-order valence-electron chi connectivity index (χ0n) is 5.00. The minimum Gasteiger partial charge on any atom is -0.481 e. The predicted molar refractivity (Wildman–Crippen MR) is 30.0 cm³/mol. The molecule has 4 N–H and O–H groups in total. The Labute approximate surface area is 52.1 Å². The Hall–Kier alpha value is -1.10. The van der Waals surface area contributed by atoms with Crippen LogP contribution in [0.25, 0.3) is 0 Å². The van der Waals surface area contributed by atoms with E-state index in [0.717, 1.165) is 6.92 Å². The normalized spacial score (nSPS) is 6.89. The fraction of sp³-hybridized carbons (Fsp3) is 0.500. The van der Waals surface area contributed by atoms with Crippen molar-refractivity contribution in [3.8, 4) is 0 Å². The Morgan fingerprint density at radius 3 is 1.56 bits per heavy atom. The van der Waals surface area contributed by atoms with Crippen LogP contribution < -0.4 is 5.73 Å². The first-order valence-electron chi connectivity index (χ1n) is 2.12. The maximum atomic E-state index is 9.24. The van der Waals surface area contributed by atoms with Crippen LogP contribution >= 0.6 is 0 Å². The quantitative estimate of drug-likeness (QED) is 0.433. The molecule has 5 heteroatoms. The molecule has 0 amide bonds. The molecule has 0 bridgehead atoms. The average Bonchev–Trinajstić information content (AvgIpc) is 1.65. The van der Waals surface area contributed by atoms with E-state index in [9.17, 15) is 4.79 Å². The minimum atomic E-state index is -0.968. The number of carboxylic acid groups (broad SMARTS) is 2. The molecule has 0 unspecified atom stereocenters. The molecule has 0 aromatic rings. The van der Waals surface area contributed by atoms with Gasteiger partial charge in [0.25, 0.3) is 5.97 Å². The van der Waals surface area contributed by atoms with Gasteiger partial charge in [-0.2, -0.15) is 0 Å². The lowest BCUT2D eigenvalue weighted by Crippen LogP contribution is -2.10. The summed E-state index contributed by atoms with van der Waals surface area (Å²) < 4.78 is 0. The van der Waals surface area contributed by atoms with Crippen LogP contribution in [0.15, 0.2) is 0 Å². The van der Waals surface area contributed by atoms with Crippen LogP contribution in [-0.4, -0.2) is 28.7 Å². The molecular formula is C4H9NO4. The number of carboxylic acids is 2. The molecule has 0 aliphatic heterocycles. The number of hydrogen-bond donors (Lipinski definition) is 3. The zero-order valence-corrected chi connectivity index (χ0v) is 5.00. The Morgan fingerprint density at radius 2 is 1.56 bits per heavy atom. The molecule has 5 nitrogen and oxygen atoms in total. The van der Waals surface area contributed by atoms with Gasteiger partial charge in [0, 0.05) is 6.92 Å². The van der Waals surface area contributed by atoms with E-state index in [0.29, 0.717) is 0 Å². The highest BCUT2D eigenvalue weighted by molar-refractivity contribution is 5.68. The zero-order chi connectivity index (χ0) is 7.86. The fourth-order valence-corrected chi connectivity index (χ4v) is 0. The van der Waals surface area contributed by atoms with Gasteiger partial charge in [0.15, 0.2) is 0 Å². The summed E-state index contributed by atoms with van der Waals surface area (Å²) in [7, 11) is 0. The van der Waals surface area contributed by atoms with Gasteiger partial charge < -0.3 is 15.9 Å². The van der Waals surface area contributed by atoms with Crippen molar-refractivity contribution in [2.75, 3.05) is 6.54 Å². The summed E-state index contributed by atoms with van der Waals surface area (Å²) >= 11 is 0. The summed E-state index contributed by atoms with van der Waals surface area (Å²) in [4.78, 5) is 18.2. The molecule has 0 aliphatic rings. The van der Waals surface area contributed by atoms with Crippen molar-refractivity contribution in [3.05, 3.63) is 0 Å². The number of hydrogen-bond acceptors (Lipinski definition) is 3. The van der Waals surface area contributed by atoms with Crippen LogP contribution in [0, 0.1) is 0 Å². The highest BCUT2D eigenvalue weighted by Crippen LogP contribution is 1.43. The van der Waals surface area contributed by atoms with E-state index in [1.807, 2.05) is 0 Å². The molecule has 0 fully saturated rings. The third-order valence-corrected chi connectivity index (χ3v) is 0.175. The maximum Gasteiger partial charge on any atom is 0.317 e. The smallest absolute Gasteiger partial charge is 0.317 e. The molecule has 0 saturated heterocycles. The lowest BCUT2D eigenvalue weighted by atomic mass is 10.7. The van der Waals surface area contributed by atoms with E-state index < -0.39 is 11.9 Å². The largest absolute Gasteiger partial charge is 0.481 e. The van der Waals surface area contributed by atoms with Crippen molar-refractivity contribution in [3.63, 3.8) is 0 Å². The maximum absolute atomic E-state index is 9.24. The second kappa shape index (κ2) is 6.90. The van der Waals surface area contributed by atoms with Crippen molar-refractivity contribution in [1.29, 1.82) is 0 Å². The van der Waals surface area contributed by atoms with Gasteiger partial charge in [0.05, 0.1) is 6.54 Å². The lowest BCUT2D eigenvalue weighted by molar-refractivity contribution is -0.136. The Morgan fingerprint density at radius 1 is 1.44 bits per heavy atom. The van der Waals surface area contributed by atoms with Crippen molar-refractivity contribution < 1.29 is 19.8 Å². The van der Waals surface area contributed by atoms with Crippen LogP contribution in [0.3, 0.4) is 0 Å². The second-order valence-corrected chi connectivity index (χ2v) is 1.12.